The van der Waals surface area contributed by atoms with Gasteiger partial charge in [0.2, 0.25) is 0 Å². The highest BCUT2D eigenvalue weighted by Crippen LogP contribution is 2.31. The van der Waals surface area contributed by atoms with Gasteiger partial charge in [0.15, 0.2) is 5.75 Å². The molecule has 1 aliphatic rings. The van der Waals surface area contributed by atoms with Crippen molar-refractivity contribution in [3.05, 3.63) is 56.5 Å². The molecule has 0 aromatic heterocycles. The van der Waals surface area contributed by atoms with Crippen LogP contribution in [0.4, 0.5) is 17.1 Å². The summed E-state index contributed by atoms with van der Waals surface area (Å²) in [5.74, 6) is 0.240. The average Bonchev–Trinajstić information content (AvgIpc) is 2.67. The van der Waals surface area contributed by atoms with Crippen LogP contribution in [0, 0.1) is 10.1 Å². The molecule has 1 heterocycles. The van der Waals surface area contributed by atoms with E-state index in [9.17, 15) is 10.1 Å². The van der Waals surface area contributed by atoms with E-state index in [1.54, 1.807) is 12.1 Å². The van der Waals surface area contributed by atoms with Crippen LogP contribution < -0.4 is 15.0 Å². The van der Waals surface area contributed by atoms with Crippen LogP contribution in [0.5, 0.6) is 5.75 Å². The molecule has 3 rings (SSSR count). The third-order valence-electron chi connectivity index (χ3n) is 4.26. The molecule has 138 valence electrons. The van der Waals surface area contributed by atoms with Gasteiger partial charge in [0.05, 0.1) is 25.2 Å². The maximum absolute atomic E-state index is 11.0. The standard InChI is InChI=1S/C18H20BrN3O4/c1-25-18-11-15(4-5-16(18)22(23)24)20-12-13-2-3-14(19)10-17(13)21-6-8-26-9-7-21/h2-5,10-11,20H,6-9,12H2,1H3. The van der Waals surface area contributed by atoms with E-state index in [0.717, 1.165) is 47.7 Å². The fourth-order valence-corrected chi connectivity index (χ4v) is 3.27. The minimum atomic E-state index is -0.451. The van der Waals surface area contributed by atoms with Gasteiger partial charge >= 0.3 is 5.69 Å². The summed E-state index contributed by atoms with van der Waals surface area (Å²) in [5.41, 5.74) is 3.02. The molecule has 0 amide bonds. The molecule has 7 nitrogen and oxygen atoms in total. The molecule has 1 aliphatic heterocycles. The molecule has 2 aromatic carbocycles. The topological polar surface area (TPSA) is 76.9 Å². The van der Waals surface area contributed by atoms with Crippen LogP contribution in [-0.4, -0.2) is 38.3 Å². The number of hydrogen-bond donors (Lipinski definition) is 1. The van der Waals surface area contributed by atoms with Crippen LogP contribution in [0.1, 0.15) is 5.56 Å². The van der Waals surface area contributed by atoms with Crippen molar-refractivity contribution in [2.75, 3.05) is 43.6 Å². The lowest BCUT2D eigenvalue weighted by Crippen LogP contribution is -2.36. The molecule has 8 heteroatoms. The van der Waals surface area contributed by atoms with Crippen molar-refractivity contribution in [1.29, 1.82) is 0 Å². The van der Waals surface area contributed by atoms with E-state index in [-0.39, 0.29) is 11.4 Å². The van der Waals surface area contributed by atoms with Gasteiger partial charge in [-0.3, -0.25) is 10.1 Å². The van der Waals surface area contributed by atoms with Crippen molar-refractivity contribution in [2.24, 2.45) is 0 Å². The number of halogens is 1. The molecular formula is C18H20BrN3O4. The second kappa shape index (κ2) is 8.37. The molecule has 0 radical (unpaired) electrons. The van der Waals surface area contributed by atoms with Gasteiger partial charge in [-0.25, -0.2) is 0 Å². The van der Waals surface area contributed by atoms with Crippen molar-refractivity contribution in [1.82, 2.24) is 0 Å². The first kappa shape index (κ1) is 18.5. The summed E-state index contributed by atoms with van der Waals surface area (Å²) in [7, 11) is 1.43. The number of rotatable bonds is 6. The molecule has 0 spiro atoms. The van der Waals surface area contributed by atoms with Gasteiger partial charge in [0, 0.05) is 47.6 Å². The molecule has 2 aromatic rings. The summed E-state index contributed by atoms with van der Waals surface area (Å²) < 4.78 is 11.6. The summed E-state index contributed by atoms with van der Waals surface area (Å²) >= 11 is 3.54. The van der Waals surface area contributed by atoms with E-state index < -0.39 is 4.92 Å². The van der Waals surface area contributed by atoms with Crippen LogP contribution in [0.15, 0.2) is 40.9 Å². The SMILES string of the molecule is COc1cc(NCc2ccc(Br)cc2N2CCOCC2)ccc1[N+](=O)[O-]. The highest BCUT2D eigenvalue weighted by molar-refractivity contribution is 9.10. The number of hydrogen-bond acceptors (Lipinski definition) is 6. The number of nitro benzene ring substituents is 1. The van der Waals surface area contributed by atoms with E-state index in [1.165, 1.54) is 13.2 Å². The highest BCUT2D eigenvalue weighted by atomic mass is 79.9. The van der Waals surface area contributed by atoms with Gasteiger partial charge in [-0.1, -0.05) is 22.0 Å². The lowest BCUT2D eigenvalue weighted by atomic mass is 10.1. The summed E-state index contributed by atoms with van der Waals surface area (Å²) in [6.45, 7) is 3.75. The number of methoxy groups -OCH3 is 1. The number of nitrogens with one attached hydrogen (secondary N) is 1. The van der Waals surface area contributed by atoms with Gasteiger partial charge < -0.3 is 19.7 Å². The Kier molecular flexibility index (Phi) is 5.95. The number of nitro groups is 1. The first-order valence-corrected chi connectivity index (χ1v) is 9.05. The lowest BCUT2D eigenvalue weighted by molar-refractivity contribution is -0.385. The number of morpholine rings is 1. The molecule has 0 bridgehead atoms. The normalized spacial score (nSPS) is 14.2. The van der Waals surface area contributed by atoms with Gasteiger partial charge in [0.1, 0.15) is 0 Å². The predicted molar refractivity (Wildman–Crippen MR) is 104 cm³/mol. The van der Waals surface area contributed by atoms with E-state index in [2.05, 4.69) is 38.3 Å². The fraction of sp³-hybridized carbons (Fsp3) is 0.333. The Hall–Kier alpha value is -2.32. The maximum Gasteiger partial charge on any atom is 0.311 e. The summed E-state index contributed by atoms with van der Waals surface area (Å²) in [6, 6.07) is 11.0. The lowest BCUT2D eigenvalue weighted by Gasteiger charge is -2.31. The van der Waals surface area contributed by atoms with Crippen molar-refractivity contribution < 1.29 is 14.4 Å². The van der Waals surface area contributed by atoms with Crippen LogP contribution >= 0.6 is 15.9 Å². The zero-order chi connectivity index (χ0) is 18.5. The van der Waals surface area contributed by atoms with Crippen molar-refractivity contribution in [3.63, 3.8) is 0 Å². The maximum atomic E-state index is 11.0. The minimum Gasteiger partial charge on any atom is -0.490 e. The van der Waals surface area contributed by atoms with Crippen molar-refractivity contribution >= 4 is 33.0 Å². The Balaban J connectivity index is 1.78. The summed E-state index contributed by atoms with van der Waals surface area (Å²) in [5, 5.41) is 14.3. The minimum absolute atomic E-state index is 0.0457. The Morgan fingerprint density at radius 1 is 1.27 bits per heavy atom. The molecule has 26 heavy (non-hydrogen) atoms. The number of anilines is 2. The highest BCUT2D eigenvalue weighted by Gasteiger charge is 2.17. The van der Waals surface area contributed by atoms with E-state index in [4.69, 9.17) is 9.47 Å². The van der Waals surface area contributed by atoms with Crippen molar-refractivity contribution in [2.45, 2.75) is 6.54 Å². The molecule has 1 fully saturated rings. The summed E-state index contributed by atoms with van der Waals surface area (Å²) in [6.07, 6.45) is 0. The van der Waals surface area contributed by atoms with Gasteiger partial charge in [-0.15, -0.1) is 0 Å². The van der Waals surface area contributed by atoms with Crippen LogP contribution in [-0.2, 0) is 11.3 Å². The molecule has 0 atom stereocenters. The summed E-state index contributed by atoms with van der Waals surface area (Å²) in [4.78, 5) is 12.9. The second-order valence-corrected chi connectivity index (χ2v) is 6.79. The van der Waals surface area contributed by atoms with E-state index in [1.807, 2.05) is 6.07 Å². The van der Waals surface area contributed by atoms with Gasteiger partial charge in [-0.2, -0.15) is 0 Å². The van der Waals surface area contributed by atoms with E-state index in [0.29, 0.717) is 6.54 Å². The third kappa shape index (κ3) is 4.25. The molecule has 0 aliphatic carbocycles. The van der Waals surface area contributed by atoms with Gasteiger partial charge in [0.25, 0.3) is 0 Å². The second-order valence-electron chi connectivity index (χ2n) is 5.87. The number of ether oxygens (including phenoxy) is 2. The first-order valence-electron chi connectivity index (χ1n) is 8.26. The van der Waals surface area contributed by atoms with Crippen LogP contribution in [0.3, 0.4) is 0 Å². The predicted octanol–water partition coefficient (Wildman–Crippen LogP) is 3.81. The molecule has 0 saturated carbocycles. The Morgan fingerprint density at radius 2 is 2.04 bits per heavy atom. The molecule has 1 saturated heterocycles. The van der Waals surface area contributed by atoms with Crippen LogP contribution in [0.25, 0.3) is 0 Å². The monoisotopic (exact) mass is 421 g/mol. The van der Waals surface area contributed by atoms with Gasteiger partial charge in [-0.05, 0) is 23.8 Å². The molecule has 1 N–H and O–H groups in total. The molecule has 0 unspecified atom stereocenters. The Bertz CT molecular complexity index is 794. The fourth-order valence-electron chi connectivity index (χ4n) is 2.92. The van der Waals surface area contributed by atoms with E-state index >= 15 is 0 Å². The Morgan fingerprint density at radius 3 is 2.73 bits per heavy atom. The smallest absolute Gasteiger partial charge is 0.311 e. The third-order valence-corrected chi connectivity index (χ3v) is 4.75. The van der Waals surface area contributed by atoms with Crippen LogP contribution in [0.2, 0.25) is 0 Å². The van der Waals surface area contributed by atoms with Crippen molar-refractivity contribution in [3.8, 4) is 5.75 Å². The first-order chi connectivity index (χ1) is 12.6. The quantitative estimate of drug-likeness (QED) is 0.564. The average molecular weight is 422 g/mol. The zero-order valence-electron chi connectivity index (χ0n) is 14.4. The number of benzene rings is 2. The number of nitrogens with zero attached hydrogens (tertiary/aromatic N) is 2. The molecular weight excluding hydrogens is 402 g/mol. The Labute approximate surface area is 160 Å². The zero-order valence-corrected chi connectivity index (χ0v) is 16.0. The largest absolute Gasteiger partial charge is 0.490 e.